The Balaban J connectivity index is 1.56. The Labute approximate surface area is 193 Å². The third kappa shape index (κ3) is 3.60. The van der Waals surface area contributed by atoms with Gasteiger partial charge in [-0.25, -0.2) is 24.2 Å². The molecule has 0 amide bonds. The first-order valence-corrected chi connectivity index (χ1v) is 10.7. The summed E-state index contributed by atoms with van der Waals surface area (Å²) in [5.74, 6) is 2.99. The van der Waals surface area contributed by atoms with Gasteiger partial charge in [-0.1, -0.05) is 17.9 Å². The Morgan fingerprint density at radius 2 is 1.88 bits per heavy atom. The van der Waals surface area contributed by atoms with Gasteiger partial charge in [-0.3, -0.25) is 0 Å². The van der Waals surface area contributed by atoms with Crippen LogP contribution in [0.25, 0.3) is 0 Å². The fourth-order valence-corrected chi connectivity index (χ4v) is 4.43. The first-order chi connectivity index (χ1) is 15.9. The molecule has 2 fully saturated rings. The van der Waals surface area contributed by atoms with E-state index in [9.17, 15) is 17.6 Å². The number of benzene rings is 2. The molecule has 178 valence electrons. The molecule has 0 aromatic heterocycles. The minimum atomic E-state index is -4.42. The maximum absolute atomic E-state index is 15.0. The first-order valence-electron chi connectivity index (χ1n) is 10.7. The minimum Gasteiger partial charge on any atom is -0.329 e. The number of hydrogen-bond acceptors (Lipinski definition) is 5. The zero-order valence-electron chi connectivity index (χ0n) is 18.8. The molecule has 0 radical (unpaired) electrons. The van der Waals surface area contributed by atoms with E-state index in [0.717, 1.165) is 6.07 Å². The zero-order chi connectivity index (χ0) is 24.5. The van der Waals surface area contributed by atoms with Gasteiger partial charge in [0.05, 0.1) is 17.9 Å². The molecule has 2 aromatic carbocycles. The molecule has 1 saturated carbocycles. The van der Waals surface area contributed by atoms with Crippen molar-refractivity contribution in [3.63, 3.8) is 0 Å². The Morgan fingerprint density at radius 1 is 1.15 bits per heavy atom. The summed E-state index contributed by atoms with van der Waals surface area (Å²) in [4.78, 5) is 8.20. The molecule has 0 bridgehead atoms. The zero-order valence-corrected chi connectivity index (χ0v) is 18.8. The summed E-state index contributed by atoms with van der Waals surface area (Å²) in [6.07, 6.45) is -4.54. The van der Waals surface area contributed by atoms with Crippen LogP contribution in [0.1, 0.15) is 30.9 Å². The lowest BCUT2D eigenvalue weighted by molar-refractivity contribution is -0.168. The highest BCUT2D eigenvalue weighted by molar-refractivity contribution is 6.14. The van der Waals surface area contributed by atoms with Crippen molar-refractivity contribution in [1.82, 2.24) is 10.4 Å². The summed E-state index contributed by atoms with van der Waals surface area (Å²) in [5.41, 5.74) is 2.48. The highest BCUT2D eigenvalue weighted by Gasteiger charge is 2.62. The molecular formula is C24H22F5N5. The Hall–Kier alpha value is -3.16. The standard InChI is InChI=1S/C24H22F5N5/c1-22-30-21(20-18(26)5-4-6-19(20)34(22)14-32(2)31-22)33(3)17-12-15(11-16(25)13-17)7-8-23(9-10-23)24(27,28)29/h4-6,11-13,31H,9-10,14H2,1-3H3. The van der Waals surface area contributed by atoms with Gasteiger partial charge in [0.15, 0.2) is 5.79 Å². The van der Waals surface area contributed by atoms with Crippen LogP contribution in [0.5, 0.6) is 0 Å². The lowest BCUT2D eigenvalue weighted by Crippen LogP contribution is -2.53. The first kappa shape index (κ1) is 22.6. The van der Waals surface area contributed by atoms with Crippen molar-refractivity contribution in [2.24, 2.45) is 10.4 Å². The number of rotatable bonds is 1. The van der Waals surface area contributed by atoms with Crippen molar-refractivity contribution in [2.45, 2.75) is 31.7 Å². The largest absolute Gasteiger partial charge is 0.405 e. The summed E-state index contributed by atoms with van der Waals surface area (Å²) in [6, 6.07) is 8.51. The third-order valence-corrected chi connectivity index (χ3v) is 6.44. The van der Waals surface area contributed by atoms with Crippen LogP contribution < -0.4 is 15.2 Å². The summed E-state index contributed by atoms with van der Waals surface area (Å²) in [5, 5.41) is 1.82. The van der Waals surface area contributed by atoms with Crippen molar-refractivity contribution < 1.29 is 22.0 Å². The molecule has 2 aliphatic heterocycles. The van der Waals surface area contributed by atoms with Gasteiger partial charge in [-0.2, -0.15) is 13.2 Å². The molecule has 2 aromatic rings. The predicted molar refractivity (Wildman–Crippen MR) is 119 cm³/mol. The van der Waals surface area contributed by atoms with E-state index in [0.29, 0.717) is 12.4 Å². The second-order valence-electron chi connectivity index (χ2n) is 9.06. The van der Waals surface area contributed by atoms with Gasteiger partial charge in [0.2, 0.25) is 0 Å². The molecule has 1 N–H and O–H groups in total. The van der Waals surface area contributed by atoms with E-state index in [1.807, 2.05) is 23.9 Å². The quantitative estimate of drug-likeness (QED) is 0.489. The van der Waals surface area contributed by atoms with Gasteiger partial charge in [0.1, 0.15) is 22.9 Å². The molecule has 2 heterocycles. The van der Waals surface area contributed by atoms with E-state index in [1.54, 1.807) is 19.2 Å². The number of aliphatic imine (C=N–C) groups is 1. The predicted octanol–water partition coefficient (Wildman–Crippen LogP) is 4.44. The Morgan fingerprint density at radius 3 is 2.56 bits per heavy atom. The van der Waals surface area contributed by atoms with Gasteiger partial charge >= 0.3 is 6.18 Å². The average molecular weight is 475 g/mol. The van der Waals surface area contributed by atoms with Crippen LogP contribution in [-0.4, -0.2) is 43.6 Å². The second kappa shape index (κ2) is 7.42. The van der Waals surface area contributed by atoms with E-state index in [-0.39, 0.29) is 35.5 Å². The van der Waals surface area contributed by atoms with Gasteiger partial charge in [0, 0.05) is 25.3 Å². The summed E-state index contributed by atoms with van der Waals surface area (Å²) < 4.78 is 69.2. The monoisotopic (exact) mass is 475 g/mol. The van der Waals surface area contributed by atoms with E-state index < -0.39 is 29.0 Å². The van der Waals surface area contributed by atoms with E-state index in [1.165, 1.54) is 23.1 Å². The van der Waals surface area contributed by atoms with Gasteiger partial charge in [0.25, 0.3) is 0 Å². The second-order valence-corrected chi connectivity index (χ2v) is 9.06. The number of alkyl halides is 3. The number of amidine groups is 1. The fraction of sp³-hybridized carbons (Fsp3) is 0.375. The van der Waals surface area contributed by atoms with Crippen molar-refractivity contribution >= 4 is 17.2 Å². The van der Waals surface area contributed by atoms with Crippen molar-refractivity contribution in [3.05, 3.63) is 59.2 Å². The number of nitrogens with zero attached hydrogens (tertiary/aromatic N) is 4. The molecule has 1 atom stereocenters. The summed E-state index contributed by atoms with van der Waals surface area (Å²) in [6.45, 7) is 2.31. The highest BCUT2D eigenvalue weighted by atomic mass is 19.4. The molecule has 5 nitrogen and oxygen atoms in total. The molecule has 1 saturated heterocycles. The molecule has 5 rings (SSSR count). The van der Waals surface area contributed by atoms with Gasteiger partial charge < -0.3 is 9.80 Å². The lowest BCUT2D eigenvalue weighted by Gasteiger charge is -2.39. The van der Waals surface area contributed by atoms with E-state index in [2.05, 4.69) is 17.3 Å². The summed E-state index contributed by atoms with van der Waals surface area (Å²) in [7, 11) is 3.45. The van der Waals surface area contributed by atoms with Gasteiger partial charge in [-0.15, -0.1) is 0 Å². The maximum atomic E-state index is 15.0. The molecule has 10 heteroatoms. The van der Waals surface area contributed by atoms with E-state index in [4.69, 9.17) is 4.99 Å². The molecule has 1 aliphatic carbocycles. The minimum absolute atomic E-state index is 0.0605. The number of hydrazine groups is 1. The normalized spacial score (nSPS) is 22.9. The number of nitrogens with one attached hydrogen (secondary N) is 1. The SMILES string of the molecule is CN1CN2c3cccc(F)c3C(N(C)c3cc(F)cc(C#CC4(C(F)(F)F)CC4)c3)=NC2(C)N1. The van der Waals surface area contributed by atoms with Crippen LogP contribution in [0.15, 0.2) is 41.4 Å². The molecule has 1 unspecified atom stereocenters. The molecular weight excluding hydrogens is 453 g/mol. The number of hydrogen-bond donors (Lipinski definition) is 1. The van der Waals surface area contributed by atoms with Crippen LogP contribution in [0.3, 0.4) is 0 Å². The van der Waals surface area contributed by atoms with Crippen molar-refractivity contribution in [2.75, 3.05) is 30.6 Å². The van der Waals surface area contributed by atoms with Crippen LogP contribution in [0.4, 0.5) is 33.3 Å². The van der Waals surface area contributed by atoms with Crippen LogP contribution in [0, 0.1) is 28.9 Å². The van der Waals surface area contributed by atoms with Crippen LogP contribution >= 0.6 is 0 Å². The number of halogens is 5. The fourth-order valence-electron chi connectivity index (χ4n) is 4.43. The third-order valence-electron chi connectivity index (χ3n) is 6.44. The molecule has 3 aliphatic rings. The average Bonchev–Trinajstić information content (AvgIpc) is 3.48. The number of anilines is 2. The highest BCUT2D eigenvalue weighted by Crippen LogP contribution is 2.57. The van der Waals surface area contributed by atoms with Crippen LogP contribution in [-0.2, 0) is 0 Å². The van der Waals surface area contributed by atoms with Crippen molar-refractivity contribution in [1.29, 1.82) is 0 Å². The Bertz CT molecular complexity index is 1260. The molecule has 0 spiro atoms. The summed E-state index contributed by atoms with van der Waals surface area (Å²) >= 11 is 0. The van der Waals surface area contributed by atoms with Gasteiger partial charge in [-0.05, 0) is 50.1 Å². The topological polar surface area (TPSA) is 34.1 Å². The Kier molecular flexibility index (Phi) is 4.94. The lowest BCUT2D eigenvalue weighted by atomic mass is 10.0. The van der Waals surface area contributed by atoms with Crippen LogP contribution in [0.2, 0.25) is 0 Å². The molecule has 34 heavy (non-hydrogen) atoms. The maximum Gasteiger partial charge on any atom is 0.405 e. The van der Waals surface area contributed by atoms with E-state index >= 15 is 4.39 Å². The van der Waals surface area contributed by atoms with Crippen molar-refractivity contribution in [3.8, 4) is 11.8 Å². The number of fused-ring (bicyclic) bond motifs is 3. The smallest absolute Gasteiger partial charge is 0.329 e.